The van der Waals surface area contributed by atoms with E-state index in [1.54, 1.807) is 13.3 Å². The summed E-state index contributed by atoms with van der Waals surface area (Å²) < 4.78 is 5.17. The van der Waals surface area contributed by atoms with Gasteiger partial charge in [-0.2, -0.15) is 0 Å². The van der Waals surface area contributed by atoms with Crippen LogP contribution in [0.3, 0.4) is 0 Å². The highest BCUT2D eigenvalue weighted by Crippen LogP contribution is 2.28. The molecule has 2 aromatic rings. The number of rotatable bonds is 5. The SMILES string of the molecule is CNCC1CCCN(C(=O)c2cnc(-c3ccc(OC)cc3)s2)C1. The Morgan fingerprint density at radius 1 is 1.42 bits per heavy atom. The third-order valence-corrected chi connectivity index (χ3v) is 5.39. The third-order valence-electron chi connectivity index (χ3n) is 4.35. The second-order valence-electron chi connectivity index (χ2n) is 6.08. The van der Waals surface area contributed by atoms with Crippen LogP contribution in [-0.2, 0) is 0 Å². The predicted octanol–water partition coefficient (Wildman–Crippen LogP) is 2.89. The van der Waals surface area contributed by atoms with Crippen LogP contribution in [0.25, 0.3) is 10.6 Å². The number of ether oxygens (including phenoxy) is 1. The molecule has 0 spiro atoms. The number of carbonyl (C=O) groups is 1. The smallest absolute Gasteiger partial charge is 0.265 e. The van der Waals surface area contributed by atoms with Gasteiger partial charge in [0, 0.05) is 18.7 Å². The first-order valence-electron chi connectivity index (χ1n) is 8.25. The summed E-state index contributed by atoms with van der Waals surface area (Å²) in [7, 11) is 3.61. The Labute approximate surface area is 146 Å². The molecule has 1 unspecified atom stereocenters. The molecule has 1 aliphatic heterocycles. The van der Waals surface area contributed by atoms with Gasteiger partial charge in [0.25, 0.3) is 5.91 Å². The van der Waals surface area contributed by atoms with Crippen molar-refractivity contribution in [3.63, 3.8) is 0 Å². The van der Waals surface area contributed by atoms with E-state index < -0.39 is 0 Å². The summed E-state index contributed by atoms with van der Waals surface area (Å²) in [6.07, 6.45) is 3.96. The molecule has 1 amide bonds. The average molecular weight is 345 g/mol. The minimum absolute atomic E-state index is 0.105. The predicted molar refractivity (Wildman–Crippen MR) is 96.7 cm³/mol. The zero-order chi connectivity index (χ0) is 16.9. The monoisotopic (exact) mass is 345 g/mol. The maximum Gasteiger partial charge on any atom is 0.265 e. The van der Waals surface area contributed by atoms with Gasteiger partial charge in [-0.05, 0) is 56.6 Å². The highest BCUT2D eigenvalue weighted by Gasteiger charge is 2.25. The van der Waals surface area contributed by atoms with Gasteiger partial charge in [-0.1, -0.05) is 0 Å². The van der Waals surface area contributed by atoms with Gasteiger partial charge in [0.2, 0.25) is 0 Å². The van der Waals surface area contributed by atoms with Crippen LogP contribution in [0, 0.1) is 5.92 Å². The maximum absolute atomic E-state index is 12.8. The quantitative estimate of drug-likeness (QED) is 0.905. The van der Waals surface area contributed by atoms with Crippen molar-refractivity contribution in [1.82, 2.24) is 15.2 Å². The fourth-order valence-electron chi connectivity index (χ4n) is 3.10. The Bertz CT molecular complexity index is 682. The lowest BCUT2D eigenvalue weighted by atomic mass is 9.98. The molecule has 24 heavy (non-hydrogen) atoms. The number of thiazole rings is 1. The van der Waals surface area contributed by atoms with Crippen molar-refractivity contribution in [3.05, 3.63) is 35.3 Å². The maximum atomic E-state index is 12.8. The summed E-state index contributed by atoms with van der Waals surface area (Å²) in [4.78, 5) is 19.9. The van der Waals surface area contributed by atoms with Crippen molar-refractivity contribution in [1.29, 1.82) is 0 Å². The number of nitrogens with zero attached hydrogens (tertiary/aromatic N) is 2. The number of hydrogen-bond donors (Lipinski definition) is 1. The van der Waals surface area contributed by atoms with E-state index in [2.05, 4.69) is 10.3 Å². The normalized spacial score (nSPS) is 17.8. The van der Waals surface area contributed by atoms with Crippen LogP contribution < -0.4 is 10.1 Å². The van der Waals surface area contributed by atoms with Gasteiger partial charge in [0.1, 0.15) is 15.6 Å². The molecule has 5 nitrogen and oxygen atoms in total. The van der Waals surface area contributed by atoms with Gasteiger partial charge >= 0.3 is 0 Å². The zero-order valence-corrected chi connectivity index (χ0v) is 14.9. The number of aromatic nitrogens is 1. The molecule has 1 N–H and O–H groups in total. The van der Waals surface area contributed by atoms with Crippen molar-refractivity contribution in [2.75, 3.05) is 33.8 Å². The number of hydrogen-bond acceptors (Lipinski definition) is 5. The first-order chi connectivity index (χ1) is 11.7. The molecule has 1 aliphatic rings. The van der Waals surface area contributed by atoms with E-state index in [9.17, 15) is 4.79 Å². The Morgan fingerprint density at radius 2 is 2.21 bits per heavy atom. The topological polar surface area (TPSA) is 54.5 Å². The summed E-state index contributed by atoms with van der Waals surface area (Å²) in [5.74, 6) is 1.46. The number of likely N-dealkylation sites (tertiary alicyclic amines) is 1. The van der Waals surface area contributed by atoms with E-state index in [0.717, 1.165) is 42.4 Å². The molecule has 0 bridgehead atoms. The molecule has 1 atom stereocenters. The van der Waals surface area contributed by atoms with Crippen LogP contribution in [-0.4, -0.2) is 49.6 Å². The van der Waals surface area contributed by atoms with E-state index in [4.69, 9.17) is 4.74 Å². The molecule has 2 heterocycles. The lowest BCUT2D eigenvalue weighted by molar-refractivity contribution is 0.0679. The molecule has 0 radical (unpaired) electrons. The first-order valence-corrected chi connectivity index (χ1v) is 9.07. The van der Waals surface area contributed by atoms with E-state index in [-0.39, 0.29) is 5.91 Å². The second-order valence-corrected chi connectivity index (χ2v) is 7.11. The van der Waals surface area contributed by atoms with Crippen molar-refractivity contribution in [3.8, 4) is 16.3 Å². The van der Waals surface area contributed by atoms with Crippen LogP contribution in [0.5, 0.6) is 5.75 Å². The molecule has 128 valence electrons. The number of carbonyl (C=O) groups excluding carboxylic acids is 1. The average Bonchev–Trinajstić information content (AvgIpc) is 3.12. The van der Waals surface area contributed by atoms with Crippen molar-refractivity contribution in [2.24, 2.45) is 5.92 Å². The van der Waals surface area contributed by atoms with E-state index in [0.29, 0.717) is 10.8 Å². The summed E-state index contributed by atoms with van der Waals surface area (Å²) in [5, 5.41) is 4.08. The lowest BCUT2D eigenvalue weighted by Crippen LogP contribution is -2.42. The third kappa shape index (κ3) is 3.76. The molecule has 1 aromatic carbocycles. The van der Waals surface area contributed by atoms with Gasteiger partial charge in [0.05, 0.1) is 13.3 Å². The second kappa shape index (κ2) is 7.77. The molecule has 1 aromatic heterocycles. The highest BCUT2D eigenvalue weighted by molar-refractivity contribution is 7.16. The molecule has 0 saturated carbocycles. The minimum Gasteiger partial charge on any atom is -0.497 e. The molecule has 1 saturated heterocycles. The molecule has 6 heteroatoms. The van der Waals surface area contributed by atoms with Crippen molar-refractivity contribution >= 4 is 17.2 Å². The number of amides is 1. The van der Waals surface area contributed by atoms with Crippen LogP contribution in [0.2, 0.25) is 0 Å². The molecular formula is C18H23N3O2S. The van der Waals surface area contributed by atoms with Crippen LogP contribution in [0.1, 0.15) is 22.5 Å². The lowest BCUT2D eigenvalue weighted by Gasteiger charge is -2.32. The summed E-state index contributed by atoms with van der Waals surface area (Å²) >= 11 is 1.46. The number of benzene rings is 1. The molecule has 1 fully saturated rings. The van der Waals surface area contributed by atoms with Crippen LogP contribution in [0.4, 0.5) is 0 Å². The Morgan fingerprint density at radius 3 is 2.92 bits per heavy atom. The van der Waals surface area contributed by atoms with E-state index in [1.165, 1.54) is 17.8 Å². The Balaban J connectivity index is 1.71. The van der Waals surface area contributed by atoms with Gasteiger partial charge in [-0.15, -0.1) is 11.3 Å². The Kier molecular flexibility index (Phi) is 5.48. The first kappa shape index (κ1) is 16.9. The number of methoxy groups -OCH3 is 1. The summed E-state index contributed by atoms with van der Waals surface area (Å²) in [6.45, 7) is 2.63. The standard InChI is InChI=1S/C18H23N3O2S/c1-19-10-13-4-3-9-21(12-13)18(22)16-11-20-17(24-16)14-5-7-15(23-2)8-6-14/h5-8,11,13,19H,3-4,9-10,12H2,1-2H3. The largest absolute Gasteiger partial charge is 0.497 e. The van der Waals surface area contributed by atoms with Gasteiger partial charge in [-0.25, -0.2) is 4.98 Å². The summed E-state index contributed by atoms with van der Waals surface area (Å²) in [6, 6.07) is 7.75. The van der Waals surface area contributed by atoms with Crippen molar-refractivity contribution in [2.45, 2.75) is 12.8 Å². The van der Waals surface area contributed by atoms with Gasteiger partial charge in [-0.3, -0.25) is 4.79 Å². The molecular weight excluding hydrogens is 322 g/mol. The van der Waals surface area contributed by atoms with Gasteiger partial charge < -0.3 is 15.0 Å². The minimum atomic E-state index is 0.105. The number of nitrogens with one attached hydrogen (secondary N) is 1. The Hall–Kier alpha value is -1.92. The van der Waals surface area contributed by atoms with Gasteiger partial charge in [0.15, 0.2) is 0 Å². The summed E-state index contributed by atoms with van der Waals surface area (Å²) in [5.41, 5.74) is 1.01. The molecule has 0 aliphatic carbocycles. The van der Waals surface area contributed by atoms with E-state index in [1.807, 2.05) is 36.2 Å². The fourth-order valence-corrected chi connectivity index (χ4v) is 3.99. The fraction of sp³-hybridized carbons (Fsp3) is 0.444. The van der Waals surface area contributed by atoms with Crippen molar-refractivity contribution < 1.29 is 9.53 Å². The van der Waals surface area contributed by atoms with Crippen LogP contribution >= 0.6 is 11.3 Å². The van der Waals surface area contributed by atoms with Crippen LogP contribution in [0.15, 0.2) is 30.5 Å². The van der Waals surface area contributed by atoms with E-state index >= 15 is 0 Å². The zero-order valence-electron chi connectivity index (χ0n) is 14.1. The number of piperidine rings is 1. The highest BCUT2D eigenvalue weighted by atomic mass is 32.1. The molecule has 3 rings (SSSR count).